The number of ether oxygens (including phenoxy) is 1. The first-order chi connectivity index (χ1) is 12.5. The predicted molar refractivity (Wildman–Crippen MR) is 100 cm³/mol. The van der Waals surface area contributed by atoms with Crippen LogP contribution in [0.1, 0.15) is 17.7 Å². The number of aromatic nitrogens is 3. The smallest absolute Gasteiger partial charge is 0.269 e. The molecule has 1 aromatic heterocycles. The molecule has 26 heavy (non-hydrogen) atoms. The Kier molecular flexibility index (Phi) is 5.22. The van der Waals surface area contributed by atoms with E-state index in [-0.39, 0.29) is 15.9 Å². The number of para-hydroxylation sites is 1. The molecule has 134 valence electrons. The number of hydrogen-bond donors (Lipinski definition) is 0. The van der Waals surface area contributed by atoms with Crippen molar-refractivity contribution in [3.8, 4) is 17.1 Å². The summed E-state index contributed by atoms with van der Waals surface area (Å²) in [5.74, 6) is 1.43. The number of nitro benzene ring substituents is 1. The molecule has 0 bridgehead atoms. The minimum Gasteiger partial charge on any atom is -0.496 e. The van der Waals surface area contributed by atoms with Gasteiger partial charge in [0.25, 0.3) is 5.69 Å². The van der Waals surface area contributed by atoms with Crippen LogP contribution in [0, 0.1) is 10.1 Å². The van der Waals surface area contributed by atoms with Gasteiger partial charge in [-0.1, -0.05) is 36.0 Å². The Morgan fingerprint density at radius 2 is 1.96 bits per heavy atom. The van der Waals surface area contributed by atoms with Crippen molar-refractivity contribution < 1.29 is 9.66 Å². The Bertz CT molecular complexity index is 942. The molecule has 0 saturated carbocycles. The maximum atomic E-state index is 11.0. The largest absolute Gasteiger partial charge is 0.496 e. The molecule has 0 spiro atoms. The molecule has 1 heterocycles. The first-order valence-electron chi connectivity index (χ1n) is 7.95. The van der Waals surface area contributed by atoms with Gasteiger partial charge in [-0.2, -0.15) is 0 Å². The fourth-order valence-corrected chi connectivity index (χ4v) is 3.53. The quantitative estimate of drug-likeness (QED) is 0.366. The molecule has 0 N–H and O–H groups in total. The van der Waals surface area contributed by atoms with Crippen molar-refractivity contribution in [3.05, 3.63) is 64.2 Å². The standard InChI is InChI=1S/C18H18N4O3S/c1-12(13-7-6-8-14(11-13)22(23)24)26-18-20-19-17(21(18)2)15-9-4-5-10-16(15)25-3/h4-12H,1-3H3/t12-/m0/s1. The summed E-state index contributed by atoms with van der Waals surface area (Å²) in [6.07, 6.45) is 0. The van der Waals surface area contributed by atoms with Crippen LogP contribution in [0.5, 0.6) is 5.75 Å². The number of rotatable bonds is 6. The van der Waals surface area contributed by atoms with Gasteiger partial charge in [-0.25, -0.2) is 0 Å². The van der Waals surface area contributed by atoms with Crippen LogP contribution in [0.3, 0.4) is 0 Å². The number of methoxy groups -OCH3 is 1. The summed E-state index contributed by atoms with van der Waals surface area (Å²) in [7, 11) is 3.51. The molecule has 0 aliphatic heterocycles. The predicted octanol–water partition coefficient (Wildman–Crippen LogP) is 4.25. The highest BCUT2D eigenvalue weighted by Crippen LogP contribution is 2.37. The third kappa shape index (κ3) is 3.55. The zero-order valence-electron chi connectivity index (χ0n) is 14.6. The summed E-state index contributed by atoms with van der Waals surface area (Å²) >= 11 is 1.50. The Labute approximate surface area is 155 Å². The lowest BCUT2D eigenvalue weighted by Crippen LogP contribution is -1.98. The van der Waals surface area contributed by atoms with Crippen LogP contribution < -0.4 is 4.74 Å². The molecule has 0 amide bonds. The molecule has 3 aromatic rings. The summed E-state index contributed by atoms with van der Waals surface area (Å²) in [6.45, 7) is 1.99. The van der Waals surface area contributed by atoms with Gasteiger partial charge in [0.2, 0.25) is 0 Å². The highest BCUT2D eigenvalue weighted by atomic mass is 32.2. The van der Waals surface area contributed by atoms with Gasteiger partial charge in [-0.05, 0) is 24.6 Å². The van der Waals surface area contributed by atoms with E-state index in [1.54, 1.807) is 19.2 Å². The number of thioether (sulfide) groups is 1. The van der Waals surface area contributed by atoms with Crippen LogP contribution in [0.4, 0.5) is 5.69 Å². The summed E-state index contributed by atoms with van der Waals surface area (Å²) in [5.41, 5.74) is 1.81. The molecule has 7 nitrogen and oxygen atoms in total. The van der Waals surface area contributed by atoms with Gasteiger partial charge in [-0.3, -0.25) is 10.1 Å². The Hall–Kier alpha value is -2.87. The van der Waals surface area contributed by atoms with Crippen molar-refractivity contribution in [2.45, 2.75) is 17.3 Å². The van der Waals surface area contributed by atoms with Crippen molar-refractivity contribution in [3.63, 3.8) is 0 Å². The molecule has 0 unspecified atom stereocenters. The van der Waals surface area contributed by atoms with Crippen LogP contribution in [0.2, 0.25) is 0 Å². The number of hydrogen-bond acceptors (Lipinski definition) is 6. The van der Waals surface area contributed by atoms with Crippen molar-refractivity contribution in [2.24, 2.45) is 7.05 Å². The molecular weight excluding hydrogens is 352 g/mol. The Morgan fingerprint density at radius 1 is 1.19 bits per heavy atom. The van der Waals surface area contributed by atoms with E-state index in [9.17, 15) is 10.1 Å². The van der Waals surface area contributed by atoms with Gasteiger partial charge in [0.1, 0.15) is 5.75 Å². The molecule has 2 aromatic carbocycles. The van der Waals surface area contributed by atoms with Crippen LogP contribution in [0.15, 0.2) is 53.7 Å². The fraction of sp³-hybridized carbons (Fsp3) is 0.222. The molecule has 0 aliphatic rings. The Balaban J connectivity index is 1.87. The Morgan fingerprint density at radius 3 is 2.69 bits per heavy atom. The second-order valence-corrected chi connectivity index (χ2v) is 6.99. The number of non-ortho nitro benzene ring substituents is 1. The average molecular weight is 370 g/mol. The molecule has 0 fully saturated rings. The average Bonchev–Trinajstić information content (AvgIpc) is 3.02. The maximum absolute atomic E-state index is 11.0. The minimum atomic E-state index is -0.386. The van der Waals surface area contributed by atoms with Gasteiger partial charge in [0.15, 0.2) is 11.0 Å². The van der Waals surface area contributed by atoms with E-state index in [0.717, 1.165) is 22.0 Å². The minimum absolute atomic E-state index is 0.0108. The third-order valence-corrected chi connectivity index (χ3v) is 5.21. The fourth-order valence-electron chi connectivity index (χ4n) is 2.60. The summed E-state index contributed by atoms with van der Waals surface area (Å²) < 4.78 is 7.30. The summed E-state index contributed by atoms with van der Waals surface area (Å²) in [5, 5.41) is 20.3. The summed E-state index contributed by atoms with van der Waals surface area (Å²) in [4.78, 5) is 10.6. The topological polar surface area (TPSA) is 83.1 Å². The highest BCUT2D eigenvalue weighted by Gasteiger charge is 2.18. The maximum Gasteiger partial charge on any atom is 0.269 e. The molecule has 8 heteroatoms. The van der Waals surface area contributed by atoms with Crippen molar-refractivity contribution in [1.29, 1.82) is 0 Å². The van der Waals surface area contributed by atoms with Gasteiger partial charge < -0.3 is 9.30 Å². The molecule has 0 saturated heterocycles. The number of benzene rings is 2. The van der Waals surface area contributed by atoms with Crippen molar-refractivity contribution in [2.75, 3.05) is 7.11 Å². The molecule has 0 aliphatic carbocycles. The van der Waals surface area contributed by atoms with Gasteiger partial charge in [0.05, 0.1) is 17.6 Å². The van der Waals surface area contributed by atoms with Gasteiger partial charge in [-0.15, -0.1) is 10.2 Å². The van der Waals surface area contributed by atoms with Crippen LogP contribution in [-0.4, -0.2) is 26.8 Å². The molecular formula is C18H18N4O3S. The lowest BCUT2D eigenvalue weighted by Gasteiger charge is -2.12. The molecule has 0 radical (unpaired) electrons. The molecule has 1 atom stereocenters. The van der Waals surface area contributed by atoms with E-state index in [1.165, 1.54) is 17.8 Å². The van der Waals surface area contributed by atoms with Gasteiger partial charge >= 0.3 is 0 Å². The normalized spacial score (nSPS) is 12.0. The van der Waals surface area contributed by atoms with Gasteiger partial charge in [0, 0.05) is 24.4 Å². The zero-order valence-corrected chi connectivity index (χ0v) is 15.4. The van der Waals surface area contributed by atoms with Crippen molar-refractivity contribution >= 4 is 17.4 Å². The van der Waals surface area contributed by atoms with E-state index in [0.29, 0.717) is 5.82 Å². The number of nitro groups is 1. The van der Waals surface area contributed by atoms with E-state index in [1.807, 2.05) is 48.9 Å². The molecule has 3 rings (SSSR count). The van der Waals surface area contributed by atoms with Crippen LogP contribution in [0.25, 0.3) is 11.4 Å². The van der Waals surface area contributed by atoms with Crippen LogP contribution in [-0.2, 0) is 7.05 Å². The van der Waals surface area contributed by atoms with E-state index < -0.39 is 0 Å². The zero-order chi connectivity index (χ0) is 18.7. The number of nitrogens with zero attached hydrogens (tertiary/aromatic N) is 4. The van der Waals surface area contributed by atoms with Crippen molar-refractivity contribution in [1.82, 2.24) is 14.8 Å². The monoisotopic (exact) mass is 370 g/mol. The SMILES string of the molecule is COc1ccccc1-c1nnc(S[C@@H](C)c2cccc([N+](=O)[O-])c2)n1C. The van der Waals surface area contributed by atoms with E-state index in [2.05, 4.69) is 10.2 Å². The second kappa shape index (κ2) is 7.57. The van der Waals surface area contributed by atoms with Crippen LogP contribution >= 0.6 is 11.8 Å². The second-order valence-electron chi connectivity index (χ2n) is 5.68. The highest BCUT2D eigenvalue weighted by molar-refractivity contribution is 7.99. The first kappa shape index (κ1) is 17.9. The lowest BCUT2D eigenvalue weighted by atomic mass is 10.1. The van der Waals surface area contributed by atoms with E-state index >= 15 is 0 Å². The lowest BCUT2D eigenvalue weighted by molar-refractivity contribution is -0.384. The van der Waals surface area contributed by atoms with E-state index in [4.69, 9.17) is 4.74 Å². The third-order valence-electron chi connectivity index (χ3n) is 4.02. The summed E-state index contributed by atoms with van der Waals surface area (Å²) in [6, 6.07) is 14.3. The first-order valence-corrected chi connectivity index (χ1v) is 8.83.